The minimum atomic E-state index is 0.369. The van der Waals surface area contributed by atoms with Crippen molar-refractivity contribution in [1.82, 2.24) is 5.32 Å². The Labute approximate surface area is 86.5 Å². The Balaban J connectivity index is 2.77. The molecule has 1 rings (SSSR count). The van der Waals surface area contributed by atoms with Gasteiger partial charge in [0, 0.05) is 0 Å². The number of alkyl halides is 1. The summed E-state index contributed by atoms with van der Waals surface area (Å²) in [5, 5.41) is 3.16. The van der Waals surface area contributed by atoms with Crippen LogP contribution in [0, 0.1) is 0 Å². The van der Waals surface area contributed by atoms with Gasteiger partial charge in [-0.3, -0.25) is 0 Å². The van der Waals surface area contributed by atoms with Gasteiger partial charge in [0.2, 0.25) is 0 Å². The van der Waals surface area contributed by atoms with E-state index in [1.54, 1.807) is 7.11 Å². The summed E-state index contributed by atoms with van der Waals surface area (Å²) in [6.45, 7) is 0. The van der Waals surface area contributed by atoms with E-state index < -0.39 is 0 Å². The van der Waals surface area contributed by atoms with Gasteiger partial charge in [-0.25, -0.2) is 0 Å². The van der Waals surface area contributed by atoms with Crippen LogP contribution in [0.15, 0.2) is 24.3 Å². The number of hydrogen-bond donors (Lipinski definition) is 1. The van der Waals surface area contributed by atoms with E-state index >= 15 is 0 Å². The molecule has 1 atom stereocenters. The summed E-state index contributed by atoms with van der Waals surface area (Å²) in [4.78, 5) is 0. The quantitative estimate of drug-likeness (QED) is 0.520. The molecular weight excluding hydrogens is 265 g/mol. The zero-order valence-electron chi connectivity index (χ0n) is 7.17. The second-order valence-corrected chi connectivity index (χ2v) is 3.67. The molecule has 0 heterocycles. The van der Waals surface area contributed by atoms with Gasteiger partial charge in [-0.2, -0.15) is 0 Å². The van der Waals surface area contributed by atoms with Gasteiger partial charge in [-0.15, -0.1) is 0 Å². The molecule has 0 aliphatic heterocycles. The fraction of sp³-hybridized carbons (Fsp3) is 0.333. The Morgan fingerprint density at radius 2 is 1.92 bits per heavy atom. The Morgan fingerprint density at radius 3 is 2.33 bits per heavy atom. The van der Waals surface area contributed by atoms with Crippen LogP contribution in [0.1, 0.15) is 9.61 Å². The lowest BCUT2D eigenvalue weighted by Gasteiger charge is -2.08. The Kier molecular flexibility index (Phi) is 3.81. The molecule has 1 aromatic rings. The number of nitrogens with one attached hydrogen (secondary N) is 1. The minimum absolute atomic E-state index is 0.369. The summed E-state index contributed by atoms with van der Waals surface area (Å²) in [5.41, 5.74) is 1.26. The highest BCUT2D eigenvalue weighted by molar-refractivity contribution is 14.1. The number of rotatable bonds is 3. The molecule has 12 heavy (non-hydrogen) atoms. The van der Waals surface area contributed by atoms with Gasteiger partial charge in [-0.05, 0) is 24.7 Å². The molecule has 0 amide bonds. The van der Waals surface area contributed by atoms with Gasteiger partial charge >= 0.3 is 0 Å². The van der Waals surface area contributed by atoms with Crippen molar-refractivity contribution < 1.29 is 4.74 Å². The van der Waals surface area contributed by atoms with Crippen LogP contribution in [0.3, 0.4) is 0 Å². The number of hydrogen-bond acceptors (Lipinski definition) is 2. The number of benzene rings is 1. The molecular formula is C9H12INO. The predicted molar refractivity (Wildman–Crippen MR) is 58.8 cm³/mol. The third-order valence-corrected chi connectivity index (χ3v) is 3.00. The molecule has 0 saturated heterocycles. The Bertz CT molecular complexity index is 235. The van der Waals surface area contributed by atoms with E-state index in [2.05, 4.69) is 40.0 Å². The monoisotopic (exact) mass is 277 g/mol. The predicted octanol–water partition coefficient (Wildman–Crippen LogP) is 2.35. The van der Waals surface area contributed by atoms with Gasteiger partial charge < -0.3 is 10.1 Å². The van der Waals surface area contributed by atoms with Crippen molar-refractivity contribution in [3.05, 3.63) is 29.8 Å². The third-order valence-electron chi connectivity index (χ3n) is 1.66. The van der Waals surface area contributed by atoms with Crippen LogP contribution in [0.5, 0.6) is 5.75 Å². The summed E-state index contributed by atoms with van der Waals surface area (Å²) in [6.07, 6.45) is 0. The topological polar surface area (TPSA) is 21.3 Å². The first-order chi connectivity index (χ1) is 5.77. The molecule has 0 radical (unpaired) electrons. The lowest BCUT2D eigenvalue weighted by molar-refractivity contribution is 0.414. The SMILES string of the molecule is CNC(I)c1ccc(OC)cc1. The van der Waals surface area contributed by atoms with Crippen LogP contribution in [0.2, 0.25) is 0 Å². The summed E-state index contributed by atoms with van der Waals surface area (Å²) >= 11 is 2.34. The molecule has 0 aliphatic rings. The highest BCUT2D eigenvalue weighted by atomic mass is 127. The molecule has 0 aromatic heterocycles. The minimum Gasteiger partial charge on any atom is -0.497 e. The number of halogens is 1. The maximum atomic E-state index is 5.06. The van der Waals surface area contributed by atoms with Gasteiger partial charge in [0.1, 0.15) is 5.75 Å². The van der Waals surface area contributed by atoms with Crippen molar-refractivity contribution in [3.63, 3.8) is 0 Å². The molecule has 2 nitrogen and oxygen atoms in total. The average molecular weight is 277 g/mol. The van der Waals surface area contributed by atoms with Crippen molar-refractivity contribution >= 4 is 22.6 Å². The molecule has 1 unspecified atom stereocenters. The normalized spacial score (nSPS) is 12.6. The molecule has 0 saturated carbocycles. The van der Waals surface area contributed by atoms with E-state index in [-0.39, 0.29) is 0 Å². The maximum absolute atomic E-state index is 5.06. The van der Waals surface area contributed by atoms with Crippen LogP contribution in [0.4, 0.5) is 0 Å². The van der Waals surface area contributed by atoms with Gasteiger partial charge in [0.25, 0.3) is 0 Å². The van der Waals surface area contributed by atoms with E-state index in [1.807, 2.05) is 19.2 Å². The third kappa shape index (κ3) is 2.35. The van der Waals surface area contributed by atoms with E-state index in [0.29, 0.717) is 4.05 Å². The van der Waals surface area contributed by atoms with E-state index in [4.69, 9.17) is 4.74 Å². The van der Waals surface area contributed by atoms with Crippen LogP contribution >= 0.6 is 22.6 Å². The molecule has 1 aromatic carbocycles. The summed E-state index contributed by atoms with van der Waals surface area (Å²) in [7, 11) is 3.62. The van der Waals surface area contributed by atoms with Crippen molar-refractivity contribution in [2.45, 2.75) is 4.05 Å². The van der Waals surface area contributed by atoms with Gasteiger partial charge in [0.05, 0.1) is 11.2 Å². The maximum Gasteiger partial charge on any atom is 0.118 e. The zero-order chi connectivity index (χ0) is 8.97. The summed E-state index contributed by atoms with van der Waals surface area (Å²) < 4.78 is 5.43. The Morgan fingerprint density at radius 1 is 1.33 bits per heavy atom. The van der Waals surface area contributed by atoms with Gasteiger partial charge in [0.15, 0.2) is 0 Å². The lowest BCUT2D eigenvalue weighted by Crippen LogP contribution is -2.08. The highest BCUT2D eigenvalue weighted by Crippen LogP contribution is 2.21. The fourth-order valence-electron chi connectivity index (χ4n) is 0.940. The van der Waals surface area contributed by atoms with Gasteiger partial charge in [-0.1, -0.05) is 34.7 Å². The van der Waals surface area contributed by atoms with Crippen LogP contribution in [-0.2, 0) is 0 Å². The molecule has 0 bridgehead atoms. The standard InChI is InChI=1S/C9H12INO/c1-11-9(10)7-3-5-8(12-2)6-4-7/h3-6,9,11H,1-2H3. The second kappa shape index (κ2) is 4.67. The average Bonchev–Trinajstić information content (AvgIpc) is 2.17. The van der Waals surface area contributed by atoms with Crippen molar-refractivity contribution in [3.8, 4) is 5.75 Å². The van der Waals surface area contributed by atoms with Crippen LogP contribution in [0.25, 0.3) is 0 Å². The molecule has 0 fully saturated rings. The van der Waals surface area contributed by atoms with Crippen molar-refractivity contribution in [1.29, 1.82) is 0 Å². The molecule has 0 spiro atoms. The fourth-order valence-corrected chi connectivity index (χ4v) is 1.35. The first kappa shape index (κ1) is 9.80. The molecule has 0 aliphatic carbocycles. The highest BCUT2D eigenvalue weighted by Gasteiger charge is 2.02. The summed E-state index contributed by atoms with van der Waals surface area (Å²) in [6, 6.07) is 8.07. The number of methoxy groups -OCH3 is 1. The second-order valence-electron chi connectivity index (χ2n) is 2.42. The zero-order valence-corrected chi connectivity index (χ0v) is 9.33. The van der Waals surface area contributed by atoms with E-state index in [9.17, 15) is 0 Å². The van der Waals surface area contributed by atoms with Crippen molar-refractivity contribution in [2.24, 2.45) is 0 Å². The Hall–Kier alpha value is -0.290. The largest absolute Gasteiger partial charge is 0.497 e. The summed E-state index contributed by atoms with van der Waals surface area (Å²) in [5.74, 6) is 0.901. The van der Waals surface area contributed by atoms with Crippen LogP contribution < -0.4 is 10.1 Å². The lowest BCUT2D eigenvalue weighted by atomic mass is 10.2. The molecule has 3 heteroatoms. The first-order valence-corrected chi connectivity index (χ1v) is 4.97. The van der Waals surface area contributed by atoms with E-state index in [0.717, 1.165) is 5.75 Å². The van der Waals surface area contributed by atoms with E-state index in [1.165, 1.54) is 5.56 Å². The van der Waals surface area contributed by atoms with Crippen molar-refractivity contribution in [2.75, 3.05) is 14.2 Å². The molecule has 1 N–H and O–H groups in total. The smallest absolute Gasteiger partial charge is 0.118 e. The first-order valence-electron chi connectivity index (χ1n) is 3.73. The molecule has 66 valence electrons. The van der Waals surface area contributed by atoms with Crippen LogP contribution in [-0.4, -0.2) is 14.2 Å². The number of ether oxygens (including phenoxy) is 1.